The zero-order valence-electron chi connectivity index (χ0n) is 15.3. The molecule has 0 spiro atoms. The monoisotopic (exact) mass is 455 g/mol. The lowest BCUT2D eigenvalue weighted by Gasteiger charge is -2.21. The average molecular weight is 456 g/mol. The molecule has 10 heteroatoms. The molecule has 0 radical (unpaired) electrons. The number of halogens is 2. The molecule has 1 fully saturated rings. The number of urea groups is 1. The van der Waals surface area contributed by atoms with Crippen LogP contribution in [-0.4, -0.2) is 30.6 Å². The zero-order chi connectivity index (χ0) is 21.0. The topological polar surface area (TPSA) is 105 Å². The molecule has 0 bridgehead atoms. The van der Waals surface area contributed by atoms with Gasteiger partial charge in [0.25, 0.3) is 5.91 Å². The fraction of sp³-hybridized carbons (Fsp3) is 0.316. The third-order valence-electron chi connectivity index (χ3n) is 4.69. The van der Waals surface area contributed by atoms with Crippen molar-refractivity contribution in [3.63, 3.8) is 0 Å². The molecule has 1 aromatic carbocycles. The van der Waals surface area contributed by atoms with Gasteiger partial charge in [0.1, 0.15) is 0 Å². The second-order valence-corrected chi connectivity index (χ2v) is 9.68. The summed E-state index contributed by atoms with van der Waals surface area (Å²) in [5.41, 5.74) is 0.223. The molecule has 1 aromatic heterocycles. The molecule has 1 aliphatic rings. The van der Waals surface area contributed by atoms with Gasteiger partial charge >= 0.3 is 6.03 Å². The molecule has 1 saturated carbocycles. The van der Waals surface area contributed by atoms with Crippen LogP contribution in [0.1, 0.15) is 42.5 Å². The van der Waals surface area contributed by atoms with Gasteiger partial charge in [-0.2, -0.15) is 0 Å². The Morgan fingerprint density at radius 2 is 1.66 bits per heavy atom. The number of hydrogen-bond donors (Lipinski definition) is 2. The van der Waals surface area contributed by atoms with Crippen molar-refractivity contribution < 1.29 is 18.0 Å². The maximum absolute atomic E-state index is 12.7. The van der Waals surface area contributed by atoms with E-state index in [0.717, 1.165) is 19.3 Å². The van der Waals surface area contributed by atoms with E-state index < -0.39 is 27.0 Å². The van der Waals surface area contributed by atoms with Crippen molar-refractivity contribution in [2.24, 2.45) is 0 Å². The van der Waals surface area contributed by atoms with E-state index in [-0.39, 0.29) is 26.3 Å². The lowest BCUT2D eigenvalue weighted by molar-refractivity contribution is 0.0967. The summed E-state index contributed by atoms with van der Waals surface area (Å²) in [6, 6.07) is 6.50. The summed E-state index contributed by atoms with van der Waals surface area (Å²) in [5.74, 6) is -0.762. The minimum Gasteiger partial charge on any atom is -0.306 e. The number of nitrogens with zero attached hydrogens (tertiary/aromatic N) is 1. The highest BCUT2D eigenvalue weighted by Crippen LogP contribution is 2.28. The van der Waals surface area contributed by atoms with Crippen molar-refractivity contribution in [3.8, 4) is 0 Å². The van der Waals surface area contributed by atoms with E-state index in [1.54, 1.807) is 6.07 Å². The Morgan fingerprint density at radius 1 is 1.00 bits per heavy atom. The number of aromatic nitrogens is 1. The summed E-state index contributed by atoms with van der Waals surface area (Å²) in [6.07, 6.45) is 5.36. The van der Waals surface area contributed by atoms with Gasteiger partial charge in [0.2, 0.25) is 0 Å². The van der Waals surface area contributed by atoms with Gasteiger partial charge in [-0.3, -0.25) is 10.1 Å². The number of sulfone groups is 1. The van der Waals surface area contributed by atoms with Crippen LogP contribution in [0.3, 0.4) is 0 Å². The third-order valence-corrected chi connectivity index (χ3v) is 7.50. The molecule has 2 aromatic rings. The highest BCUT2D eigenvalue weighted by molar-refractivity contribution is 7.92. The van der Waals surface area contributed by atoms with Crippen molar-refractivity contribution in [2.45, 2.75) is 42.4 Å². The van der Waals surface area contributed by atoms with Crippen LogP contribution in [0, 0.1) is 0 Å². The van der Waals surface area contributed by atoms with Crippen LogP contribution in [0.2, 0.25) is 10.0 Å². The predicted octanol–water partition coefficient (Wildman–Crippen LogP) is 4.46. The number of benzene rings is 1. The Kier molecular flexibility index (Phi) is 6.77. The van der Waals surface area contributed by atoms with Crippen LogP contribution in [0.25, 0.3) is 0 Å². The van der Waals surface area contributed by atoms with E-state index in [0.29, 0.717) is 12.8 Å². The minimum absolute atomic E-state index is 0.0157. The number of rotatable bonds is 4. The van der Waals surface area contributed by atoms with E-state index in [4.69, 9.17) is 23.2 Å². The smallest absolute Gasteiger partial charge is 0.306 e. The molecule has 0 aliphatic heterocycles. The van der Waals surface area contributed by atoms with Crippen LogP contribution < -0.4 is 10.6 Å². The van der Waals surface area contributed by atoms with Gasteiger partial charge in [0.05, 0.1) is 32.7 Å². The molecule has 3 amide bonds. The van der Waals surface area contributed by atoms with E-state index in [1.165, 1.54) is 30.5 Å². The first-order valence-corrected chi connectivity index (χ1v) is 11.4. The first-order chi connectivity index (χ1) is 13.8. The van der Waals surface area contributed by atoms with Crippen molar-refractivity contribution in [1.29, 1.82) is 0 Å². The van der Waals surface area contributed by atoms with Crippen LogP contribution in [0.15, 0.2) is 41.6 Å². The first kappa shape index (κ1) is 21.5. The van der Waals surface area contributed by atoms with Crippen molar-refractivity contribution in [3.05, 3.63) is 52.1 Å². The standard InChI is InChI=1S/C19H19Cl2N3O4S/c20-14-7-4-8-15(21)17(14)18(25)24-19(26)23-12-9-10-16(22-11-12)29(27,28)13-5-2-1-3-6-13/h4,7-11,13H,1-3,5-6H2,(H2,23,24,25,26). The summed E-state index contributed by atoms with van der Waals surface area (Å²) in [7, 11) is -3.49. The Hall–Kier alpha value is -2.16. The number of imide groups is 1. The second kappa shape index (κ2) is 9.11. The summed E-state index contributed by atoms with van der Waals surface area (Å²) in [6.45, 7) is 0. The van der Waals surface area contributed by atoms with E-state index >= 15 is 0 Å². The number of amides is 3. The minimum atomic E-state index is -3.49. The lowest BCUT2D eigenvalue weighted by atomic mass is 10.0. The molecule has 2 N–H and O–H groups in total. The van der Waals surface area contributed by atoms with Crippen LogP contribution >= 0.6 is 23.2 Å². The highest BCUT2D eigenvalue weighted by Gasteiger charge is 2.30. The molecule has 0 atom stereocenters. The van der Waals surface area contributed by atoms with Gasteiger partial charge in [-0.05, 0) is 37.1 Å². The molecular formula is C19H19Cl2N3O4S. The highest BCUT2D eigenvalue weighted by atomic mass is 35.5. The average Bonchev–Trinajstić information content (AvgIpc) is 2.69. The molecule has 1 heterocycles. The Balaban J connectivity index is 1.65. The van der Waals surface area contributed by atoms with Crippen molar-refractivity contribution in [2.75, 3.05) is 5.32 Å². The first-order valence-electron chi connectivity index (χ1n) is 9.05. The second-order valence-electron chi connectivity index (χ2n) is 6.70. The summed E-state index contributed by atoms with van der Waals surface area (Å²) >= 11 is 11.9. The van der Waals surface area contributed by atoms with Crippen molar-refractivity contribution in [1.82, 2.24) is 10.3 Å². The Morgan fingerprint density at radius 3 is 2.24 bits per heavy atom. The van der Waals surface area contributed by atoms with Crippen LogP contribution in [0.5, 0.6) is 0 Å². The fourth-order valence-corrected chi connectivity index (χ4v) is 5.53. The normalized spacial score (nSPS) is 15.0. The number of anilines is 1. The number of hydrogen-bond acceptors (Lipinski definition) is 5. The Labute approximate surface area is 178 Å². The molecule has 3 rings (SSSR count). The zero-order valence-corrected chi connectivity index (χ0v) is 17.6. The van der Waals surface area contributed by atoms with E-state index in [1.807, 2.05) is 0 Å². The number of carbonyl (C=O) groups excluding carboxylic acids is 2. The molecule has 29 heavy (non-hydrogen) atoms. The quantitative estimate of drug-likeness (QED) is 0.707. The van der Waals surface area contributed by atoms with Gasteiger partial charge in [-0.1, -0.05) is 48.5 Å². The summed E-state index contributed by atoms with van der Waals surface area (Å²) < 4.78 is 25.3. The van der Waals surface area contributed by atoms with Gasteiger partial charge < -0.3 is 5.32 Å². The number of pyridine rings is 1. The number of carbonyl (C=O) groups is 2. The van der Waals surface area contributed by atoms with Gasteiger partial charge in [0.15, 0.2) is 14.9 Å². The van der Waals surface area contributed by atoms with Gasteiger partial charge in [0, 0.05) is 0 Å². The third kappa shape index (κ3) is 5.07. The van der Waals surface area contributed by atoms with Gasteiger partial charge in [-0.15, -0.1) is 0 Å². The maximum atomic E-state index is 12.7. The molecular weight excluding hydrogens is 437 g/mol. The van der Waals surface area contributed by atoms with E-state index in [9.17, 15) is 18.0 Å². The fourth-order valence-electron chi connectivity index (χ4n) is 3.21. The lowest BCUT2D eigenvalue weighted by Crippen LogP contribution is -2.34. The van der Waals surface area contributed by atoms with Crippen LogP contribution in [-0.2, 0) is 9.84 Å². The Bertz CT molecular complexity index is 1000. The predicted molar refractivity (Wildman–Crippen MR) is 111 cm³/mol. The largest absolute Gasteiger partial charge is 0.326 e. The van der Waals surface area contributed by atoms with Gasteiger partial charge in [-0.25, -0.2) is 18.2 Å². The maximum Gasteiger partial charge on any atom is 0.326 e. The molecule has 154 valence electrons. The molecule has 0 unspecified atom stereocenters. The van der Waals surface area contributed by atoms with E-state index in [2.05, 4.69) is 15.6 Å². The van der Waals surface area contributed by atoms with Crippen molar-refractivity contribution >= 4 is 50.7 Å². The van der Waals surface area contributed by atoms with Crippen LogP contribution in [0.4, 0.5) is 10.5 Å². The number of nitrogens with one attached hydrogen (secondary N) is 2. The molecule has 1 aliphatic carbocycles. The summed E-state index contributed by atoms with van der Waals surface area (Å²) in [4.78, 5) is 28.3. The summed E-state index contributed by atoms with van der Waals surface area (Å²) in [5, 5.41) is 4.34. The molecule has 0 saturated heterocycles. The SMILES string of the molecule is O=C(NC(=O)c1c(Cl)cccc1Cl)Nc1ccc(S(=O)(=O)C2CCCCC2)nc1. The molecule has 7 nitrogen and oxygen atoms in total.